The summed E-state index contributed by atoms with van der Waals surface area (Å²) >= 11 is 0. The minimum absolute atomic E-state index is 0.0672. The average Bonchev–Trinajstić information content (AvgIpc) is 3.04. The molecule has 2 fully saturated rings. The van der Waals surface area contributed by atoms with E-state index in [4.69, 9.17) is 0 Å². The van der Waals surface area contributed by atoms with Crippen LogP contribution in [-0.2, 0) is 4.79 Å². The minimum atomic E-state index is 0.0672. The molecule has 3 heteroatoms. The van der Waals surface area contributed by atoms with E-state index in [0.717, 1.165) is 25.2 Å². The second-order valence-corrected chi connectivity index (χ2v) is 7.54. The van der Waals surface area contributed by atoms with Gasteiger partial charge in [0.05, 0.1) is 12.2 Å². The fourth-order valence-corrected chi connectivity index (χ4v) is 4.11. The quantitative estimate of drug-likeness (QED) is 0.771. The van der Waals surface area contributed by atoms with Crippen molar-refractivity contribution >= 4 is 5.91 Å². The van der Waals surface area contributed by atoms with Crippen molar-refractivity contribution in [1.82, 2.24) is 10.2 Å². The van der Waals surface area contributed by atoms with E-state index in [-0.39, 0.29) is 12.2 Å². The molecule has 21 heavy (non-hydrogen) atoms. The van der Waals surface area contributed by atoms with Gasteiger partial charge in [-0.25, -0.2) is 0 Å². The average molecular weight is 294 g/mol. The zero-order valence-corrected chi connectivity index (χ0v) is 14.4. The largest absolute Gasteiger partial charge is 0.323 e. The topological polar surface area (TPSA) is 32.3 Å². The van der Waals surface area contributed by atoms with Crippen molar-refractivity contribution in [2.24, 2.45) is 11.8 Å². The summed E-state index contributed by atoms with van der Waals surface area (Å²) in [5, 5.41) is 3.64. The number of rotatable bonds is 7. The van der Waals surface area contributed by atoms with Gasteiger partial charge < -0.3 is 4.90 Å². The molecule has 3 unspecified atom stereocenters. The molecular weight excluding hydrogens is 260 g/mol. The Morgan fingerprint density at radius 1 is 1.24 bits per heavy atom. The van der Waals surface area contributed by atoms with E-state index >= 15 is 0 Å². The highest BCUT2D eigenvalue weighted by Crippen LogP contribution is 2.33. The predicted octanol–water partition coefficient (Wildman–Crippen LogP) is 3.93. The number of nitrogens with one attached hydrogen (secondary N) is 1. The second-order valence-electron chi connectivity index (χ2n) is 7.54. The van der Waals surface area contributed by atoms with Gasteiger partial charge in [0.25, 0.3) is 0 Å². The Labute approximate surface area is 130 Å². The summed E-state index contributed by atoms with van der Waals surface area (Å²) in [6.45, 7) is 8.99. The van der Waals surface area contributed by atoms with E-state index in [1.54, 1.807) is 0 Å². The summed E-state index contributed by atoms with van der Waals surface area (Å²) in [5.74, 6) is 1.71. The van der Waals surface area contributed by atoms with Crippen molar-refractivity contribution < 1.29 is 4.79 Å². The van der Waals surface area contributed by atoms with Gasteiger partial charge in [0.15, 0.2) is 0 Å². The normalized spacial score (nSPS) is 28.8. The third-order valence-electron chi connectivity index (χ3n) is 5.34. The lowest BCUT2D eigenvalue weighted by atomic mass is 9.96. The maximum Gasteiger partial charge on any atom is 0.241 e. The third-order valence-corrected chi connectivity index (χ3v) is 5.34. The van der Waals surface area contributed by atoms with Crippen LogP contribution in [0.5, 0.6) is 0 Å². The fraction of sp³-hybridized carbons (Fsp3) is 0.944. The molecule has 0 spiro atoms. The number of carbonyl (C=O) groups excluding carboxylic acids is 1. The van der Waals surface area contributed by atoms with Crippen molar-refractivity contribution in [2.45, 2.75) is 97.3 Å². The molecule has 3 atom stereocenters. The van der Waals surface area contributed by atoms with Gasteiger partial charge in [-0.2, -0.15) is 0 Å². The van der Waals surface area contributed by atoms with Crippen LogP contribution in [0.4, 0.5) is 0 Å². The van der Waals surface area contributed by atoms with Crippen LogP contribution >= 0.6 is 0 Å². The predicted molar refractivity (Wildman–Crippen MR) is 88.0 cm³/mol. The van der Waals surface area contributed by atoms with Gasteiger partial charge >= 0.3 is 0 Å². The van der Waals surface area contributed by atoms with Crippen LogP contribution in [0.1, 0.15) is 79.1 Å². The lowest BCUT2D eigenvalue weighted by Gasteiger charge is -2.35. The first-order valence-electron chi connectivity index (χ1n) is 9.12. The monoisotopic (exact) mass is 294 g/mol. The first kappa shape index (κ1) is 16.8. The highest BCUT2D eigenvalue weighted by Gasteiger charge is 2.43. The van der Waals surface area contributed by atoms with Crippen molar-refractivity contribution in [3.8, 4) is 0 Å². The third kappa shape index (κ3) is 4.00. The van der Waals surface area contributed by atoms with Crippen LogP contribution in [-0.4, -0.2) is 29.1 Å². The SMILES string of the molecule is CCCCC1NC(CC(C)C)N(C(C)C2CCCC2)C1=O. The number of amides is 1. The van der Waals surface area contributed by atoms with E-state index in [2.05, 4.69) is 37.9 Å². The maximum atomic E-state index is 12.9. The first-order chi connectivity index (χ1) is 10.0. The van der Waals surface area contributed by atoms with Crippen LogP contribution < -0.4 is 5.32 Å². The molecule has 122 valence electrons. The molecule has 1 saturated heterocycles. The lowest BCUT2D eigenvalue weighted by Crippen LogP contribution is -2.46. The van der Waals surface area contributed by atoms with Gasteiger partial charge in [0.2, 0.25) is 5.91 Å². The first-order valence-corrected chi connectivity index (χ1v) is 9.12. The van der Waals surface area contributed by atoms with Crippen LogP contribution in [0.25, 0.3) is 0 Å². The van der Waals surface area contributed by atoms with E-state index < -0.39 is 0 Å². The molecular formula is C18H34N2O. The molecule has 2 rings (SSSR count). The van der Waals surface area contributed by atoms with Gasteiger partial charge in [-0.3, -0.25) is 10.1 Å². The molecule has 0 bridgehead atoms. The Morgan fingerprint density at radius 2 is 1.90 bits per heavy atom. The number of hydrogen-bond acceptors (Lipinski definition) is 2. The molecule has 0 aromatic rings. The molecule has 3 nitrogen and oxygen atoms in total. The molecule has 1 amide bonds. The molecule has 0 radical (unpaired) electrons. The van der Waals surface area contributed by atoms with E-state index in [9.17, 15) is 4.79 Å². The minimum Gasteiger partial charge on any atom is -0.323 e. The molecule has 1 heterocycles. The highest BCUT2D eigenvalue weighted by molar-refractivity contribution is 5.84. The Morgan fingerprint density at radius 3 is 2.48 bits per heavy atom. The van der Waals surface area contributed by atoms with Gasteiger partial charge in [-0.05, 0) is 44.4 Å². The van der Waals surface area contributed by atoms with Crippen molar-refractivity contribution in [2.75, 3.05) is 0 Å². The van der Waals surface area contributed by atoms with Crippen LogP contribution in [0.15, 0.2) is 0 Å². The summed E-state index contributed by atoms with van der Waals surface area (Å²) in [5.41, 5.74) is 0. The second kappa shape index (κ2) is 7.62. The van der Waals surface area contributed by atoms with Gasteiger partial charge in [-0.1, -0.05) is 46.5 Å². The molecule has 2 aliphatic rings. The van der Waals surface area contributed by atoms with Gasteiger partial charge in [0.1, 0.15) is 0 Å². The van der Waals surface area contributed by atoms with Crippen LogP contribution in [0.3, 0.4) is 0 Å². The summed E-state index contributed by atoms with van der Waals surface area (Å²) in [4.78, 5) is 15.1. The Kier molecular flexibility index (Phi) is 6.09. The highest BCUT2D eigenvalue weighted by atomic mass is 16.2. The number of nitrogens with zero attached hydrogens (tertiary/aromatic N) is 1. The molecule has 1 aliphatic carbocycles. The number of carbonyl (C=O) groups is 1. The van der Waals surface area contributed by atoms with E-state index in [1.165, 1.54) is 32.1 Å². The van der Waals surface area contributed by atoms with Gasteiger partial charge in [0, 0.05) is 6.04 Å². The standard InChI is InChI=1S/C18H34N2O/c1-5-6-11-16-18(21)20(17(19-16)12-13(2)3)14(4)15-9-7-8-10-15/h13-17,19H,5-12H2,1-4H3. The Bertz CT molecular complexity index is 336. The zero-order chi connectivity index (χ0) is 15.4. The summed E-state index contributed by atoms with van der Waals surface area (Å²) in [7, 11) is 0. The van der Waals surface area contributed by atoms with Crippen molar-refractivity contribution in [3.63, 3.8) is 0 Å². The van der Waals surface area contributed by atoms with Crippen molar-refractivity contribution in [1.29, 1.82) is 0 Å². The molecule has 1 N–H and O–H groups in total. The van der Waals surface area contributed by atoms with Crippen LogP contribution in [0.2, 0.25) is 0 Å². The van der Waals surface area contributed by atoms with Crippen LogP contribution in [0, 0.1) is 11.8 Å². The lowest BCUT2D eigenvalue weighted by molar-refractivity contribution is -0.133. The van der Waals surface area contributed by atoms with Gasteiger partial charge in [-0.15, -0.1) is 0 Å². The Hall–Kier alpha value is -0.570. The summed E-state index contributed by atoms with van der Waals surface area (Å²) in [6, 6.07) is 0.473. The maximum absolute atomic E-state index is 12.9. The van der Waals surface area contributed by atoms with E-state index in [0.29, 0.717) is 17.9 Å². The molecule has 1 aliphatic heterocycles. The summed E-state index contributed by atoms with van der Waals surface area (Å²) in [6.07, 6.45) is 9.94. The Balaban J connectivity index is 2.06. The number of unbranched alkanes of at least 4 members (excludes halogenated alkanes) is 1. The molecule has 1 saturated carbocycles. The zero-order valence-electron chi connectivity index (χ0n) is 14.4. The fourth-order valence-electron chi connectivity index (χ4n) is 4.11. The summed E-state index contributed by atoms with van der Waals surface area (Å²) < 4.78 is 0. The van der Waals surface area contributed by atoms with Crippen molar-refractivity contribution in [3.05, 3.63) is 0 Å². The molecule has 0 aromatic carbocycles. The van der Waals surface area contributed by atoms with E-state index in [1.807, 2.05) is 0 Å². The number of hydrogen-bond donors (Lipinski definition) is 1. The molecule has 0 aromatic heterocycles. The smallest absolute Gasteiger partial charge is 0.241 e.